The fourth-order valence-corrected chi connectivity index (χ4v) is 6.28. The number of aliphatic hydroxyl groups is 1. The van der Waals surface area contributed by atoms with E-state index in [9.17, 15) is 37.3 Å². The topological polar surface area (TPSA) is 203 Å². The minimum atomic E-state index is -5.21. The summed E-state index contributed by atoms with van der Waals surface area (Å²) < 4.78 is 45.7. The molecule has 0 aromatic heterocycles. The third-order valence-electron chi connectivity index (χ3n) is 7.62. The fraction of sp³-hybridized carbons (Fsp3) is 0.846. The number of nitrogens with one attached hydrogen (secondary N) is 3. The van der Waals surface area contributed by atoms with Gasteiger partial charge in [-0.1, -0.05) is 13.8 Å². The van der Waals surface area contributed by atoms with E-state index in [1.54, 1.807) is 25.7 Å². The molecule has 2 aliphatic heterocycles. The van der Waals surface area contributed by atoms with Crippen molar-refractivity contribution in [2.24, 2.45) is 17.3 Å². The van der Waals surface area contributed by atoms with Crippen LogP contribution in [-0.2, 0) is 29.2 Å². The zero-order valence-corrected chi connectivity index (χ0v) is 28.1. The van der Waals surface area contributed by atoms with E-state index in [4.69, 9.17) is 9.47 Å². The van der Waals surface area contributed by atoms with E-state index >= 15 is 0 Å². The normalized spacial score (nSPS) is 23.7. The molecule has 0 aromatic rings. The van der Waals surface area contributed by atoms with Crippen LogP contribution in [0, 0.1) is 17.3 Å². The van der Waals surface area contributed by atoms with E-state index in [0.717, 1.165) is 6.42 Å². The maximum Gasteiger partial charge on any atom is 1.00 e. The summed E-state index contributed by atoms with van der Waals surface area (Å²) in [7, 11) is -5.21. The fourth-order valence-electron chi connectivity index (χ4n) is 5.70. The number of aliphatic hydroxyl groups excluding tert-OH is 1. The largest absolute Gasteiger partial charge is 1.00 e. The van der Waals surface area contributed by atoms with E-state index in [2.05, 4.69) is 16.0 Å². The number of ether oxygens (including phenoxy) is 2. The smallest absolute Gasteiger partial charge is 0.746 e. The van der Waals surface area contributed by atoms with Crippen LogP contribution in [0.15, 0.2) is 0 Å². The van der Waals surface area contributed by atoms with Crippen molar-refractivity contribution in [3.05, 3.63) is 0 Å². The molecule has 0 bridgehead atoms. The molecule has 4 amide bonds. The molecule has 3 aliphatic rings. The number of hydrogen-bond acceptors (Lipinski definition) is 10. The molecule has 234 valence electrons. The van der Waals surface area contributed by atoms with Gasteiger partial charge in [0, 0.05) is 31.0 Å². The van der Waals surface area contributed by atoms with Gasteiger partial charge in [0.1, 0.15) is 27.9 Å². The molecule has 1 saturated carbocycles. The first-order chi connectivity index (χ1) is 18.9. The van der Waals surface area contributed by atoms with E-state index in [1.807, 2.05) is 13.8 Å². The average Bonchev–Trinajstić information content (AvgIpc) is 3.40. The maximum atomic E-state index is 13.2. The number of carbonyl (C=O) groups excluding carboxylic acids is 4. The van der Waals surface area contributed by atoms with Crippen LogP contribution in [0.2, 0.25) is 0 Å². The second-order valence-electron chi connectivity index (χ2n) is 12.9. The zero-order chi connectivity index (χ0) is 30.8. The van der Waals surface area contributed by atoms with Gasteiger partial charge in [-0.3, -0.25) is 9.59 Å². The quantitative estimate of drug-likeness (QED) is 0.152. The summed E-state index contributed by atoms with van der Waals surface area (Å²) in [5, 5.41) is 17.7. The number of hydrogen-bond donors (Lipinski definition) is 4. The van der Waals surface area contributed by atoms with Gasteiger partial charge in [-0.15, -0.1) is 0 Å². The predicted molar refractivity (Wildman–Crippen MR) is 144 cm³/mol. The van der Waals surface area contributed by atoms with Gasteiger partial charge in [-0.05, 0) is 65.2 Å². The van der Waals surface area contributed by atoms with Crippen LogP contribution in [-0.4, -0.2) is 95.8 Å². The summed E-state index contributed by atoms with van der Waals surface area (Å²) in [6, 6.07) is -2.70. The molecule has 3 fully saturated rings. The van der Waals surface area contributed by atoms with Gasteiger partial charge >= 0.3 is 41.7 Å². The van der Waals surface area contributed by atoms with Crippen LogP contribution in [0.5, 0.6) is 0 Å². The van der Waals surface area contributed by atoms with E-state index < -0.39 is 57.3 Å². The third-order valence-corrected chi connectivity index (χ3v) is 8.54. The summed E-state index contributed by atoms with van der Waals surface area (Å²) in [5.41, 5.74) is -3.22. The van der Waals surface area contributed by atoms with Gasteiger partial charge in [0.2, 0.25) is 11.8 Å². The van der Waals surface area contributed by atoms with Crippen LogP contribution in [0.4, 0.5) is 9.59 Å². The summed E-state index contributed by atoms with van der Waals surface area (Å²) >= 11 is 0. The Bertz CT molecular complexity index is 1110. The summed E-state index contributed by atoms with van der Waals surface area (Å²) in [6.07, 6.45) is 0.540. The molecule has 14 nitrogen and oxygen atoms in total. The number of amides is 4. The average molecular weight is 627 g/mol. The maximum absolute atomic E-state index is 13.2. The molecule has 1 aliphatic carbocycles. The SMILES string of the molecule is CC(C)C[C@H](NC(=O)OC1CCC2(C1)CN(C(=O)OC(C)(C)C)C2)C(=O)N[C@@H](C[C@H]1CCNC1=O)C(O)S(=O)(=O)[O-].[Na+]. The molecule has 2 saturated heterocycles. The Morgan fingerprint density at radius 1 is 1.19 bits per heavy atom. The second kappa shape index (κ2) is 14.4. The Balaban J connectivity index is 0.00000616. The first-order valence-electron chi connectivity index (χ1n) is 14.0. The van der Waals surface area contributed by atoms with E-state index in [1.165, 1.54) is 0 Å². The number of carbonyl (C=O) groups is 4. The van der Waals surface area contributed by atoms with E-state index in [-0.39, 0.29) is 65.7 Å². The van der Waals surface area contributed by atoms with Crippen molar-refractivity contribution in [2.45, 2.75) is 102 Å². The van der Waals surface area contributed by atoms with E-state index in [0.29, 0.717) is 38.9 Å². The van der Waals surface area contributed by atoms with Crippen LogP contribution >= 0.6 is 0 Å². The van der Waals surface area contributed by atoms with Crippen molar-refractivity contribution in [1.29, 1.82) is 0 Å². The van der Waals surface area contributed by atoms with Gasteiger partial charge in [-0.2, -0.15) is 0 Å². The molecule has 16 heteroatoms. The summed E-state index contributed by atoms with van der Waals surface area (Å²) in [5.74, 6) is -1.93. The Labute approximate surface area is 269 Å². The minimum absolute atomic E-state index is 0. The molecular weight excluding hydrogens is 583 g/mol. The predicted octanol–water partition coefficient (Wildman–Crippen LogP) is -2.20. The summed E-state index contributed by atoms with van der Waals surface area (Å²) in [4.78, 5) is 51.9. The van der Waals surface area contributed by atoms with Gasteiger partial charge in [0.25, 0.3) is 0 Å². The van der Waals surface area contributed by atoms with Crippen molar-refractivity contribution < 1.29 is 76.3 Å². The third kappa shape index (κ3) is 10.2. The Morgan fingerprint density at radius 3 is 2.36 bits per heavy atom. The van der Waals surface area contributed by atoms with Crippen molar-refractivity contribution in [2.75, 3.05) is 19.6 Å². The molecule has 3 rings (SSSR count). The number of rotatable bonds is 10. The van der Waals surface area contributed by atoms with Crippen molar-refractivity contribution in [1.82, 2.24) is 20.9 Å². The van der Waals surface area contributed by atoms with Gasteiger partial charge in [0.05, 0.1) is 6.04 Å². The monoisotopic (exact) mass is 626 g/mol. The van der Waals surface area contributed by atoms with Crippen LogP contribution in [0.1, 0.15) is 73.1 Å². The molecule has 4 N–H and O–H groups in total. The molecule has 0 aromatic carbocycles. The molecular formula is C26H43N4NaO10S. The van der Waals surface area contributed by atoms with Gasteiger partial charge in [-0.25, -0.2) is 18.0 Å². The number of likely N-dealkylation sites (tertiary alicyclic amines) is 1. The van der Waals surface area contributed by atoms with Crippen molar-refractivity contribution in [3.8, 4) is 0 Å². The van der Waals surface area contributed by atoms with Crippen molar-refractivity contribution >= 4 is 34.1 Å². The molecule has 2 heterocycles. The molecule has 1 spiro atoms. The molecule has 2 unspecified atom stereocenters. The first kappa shape index (κ1) is 36.5. The van der Waals surface area contributed by atoms with Crippen LogP contribution in [0.25, 0.3) is 0 Å². The minimum Gasteiger partial charge on any atom is -0.746 e. The first-order valence-corrected chi connectivity index (χ1v) is 15.5. The zero-order valence-electron chi connectivity index (χ0n) is 25.3. The molecule has 5 atom stereocenters. The second-order valence-corrected chi connectivity index (χ2v) is 14.4. The number of nitrogens with zero attached hydrogens (tertiary/aromatic N) is 1. The van der Waals surface area contributed by atoms with Crippen LogP contribution < -0.4 is 45.5 Å². The molecule has 0 radical (unpaired) electrons. The van der Waals surface area contributed by atoms with Crippen LogP contribution in [0.3, 0.4) is 0 Å². The van der Waals surface area contributed by atoms with Gasteiger partial charge in [0.15, 0.2) is 5.44 Å². The number of alkyl carbamates (subject to hydrolysis) is 1. The van der Waals surface area contributed by atoms with Crippen molar-refractivity contribution in [3.63, 3.8) is 0 Å². The Hall–Kier alpha value is -1.65. The Morgan fingerprint density at radius 2 is 1.83 bits per heavy atom. The Kier molecular flexibility index (Phi) is 12.5. The molecule has 42 heavy (non-hydrogen) atoms. The summed E-state index contributed by atoms with van der Waals surface area (Å²) in [6.45, 7) is 10.4. The van der Waals surface area contributed by atoms with Gasteiger partial charge < -0.3 is 40.0 Å². The standard InChI is InChI=1S/C26H44N4O10S.Na/c1-15(2)10-18(21(32)28-19(22(33)41(36,37)38)11-16-7-9-27-20(16)31)29-23(34)39-17-6-8-26(12-17)13-30(14-26)24(35)40-25(3,4)5;/h15-19,22,33H,6-14H2,1-5H3,(H,27,31)(H,28,32)(H,29,34)(H,36,37,38);/q;+1/p-1/t16-,17?,18+,19+,22?;/m1./s1.